The molecule has 0 spiro atoms. The second-order valence-electron chi connectivity index (χ2n) is 3.18. The average molecular weight is 260 g/mol. The number of nitrogens with one attached hydrogen (secondary N) is 1. The Morgan fingerprint density at radius 3 is 2.22 bits per heavy atom. The molecule has 0 heterocycles. The highest BCUT2D eigenvalue weighted by molar-refractivity contribution is 5.95. The number of allylic oxidation sites excluding steroid dienone is 1. The molecule has 0 atom stereocenters. The van der Waals surface area contributed by atoms with Crippen LogP contribution in [0.1, 0.15) is 10.4 Å². The molecule has 1 aromatic carbocycles. The minimum absolute atomic E-state index is 0.00292. The van der Waals surface area contributed by atoms with Crippen molar-refractivity contribution in [1.82, 2.24) is 5.32 Å². The van der Waals surface area contributed by atoms with Gasteiger partial charge in [0.2, 0.25) is 5.70 Å². The van der Waals surface area contributed by atoms with Crippen molar-refractivity contribution >= 4 is 5.91 Å². The normalized spacial score (nSPS) is 12.7. The van der Waals surface area contributed by atoms with Gasteiger partial charge in [-0.1, -0.05) is 18.2 Å². The van der Waals surface area contributed by atoms with Crippen molar-refractivity contribution in [2.75, 3.05) is 7.11 Å². The molecule has 18 heavy (non-hydrogen) atoms. The third kappa shape index (κ3) is 3.41. The molecule has 1 aromatic rings. The van der Waals surface area contributed by atoms with E-state index in [0.717, 1.165) is 7.11 Å². The number of methoxy groups -OCH3 is 1. The second kappa shape index (κ2) is 5.44. The van der Waals surface area contributed by atoms with Crippen molar-refractivity contribution in [3.05, 3.63) is 47.5 Å². The van der Waals surface area contributed by atoms with Crippen LogP contribution >= 0.6 is 0 Å². The molecule has 0 aliphatic carbocycles. The molecule has 97 valence electrons. The van der Waals surface area contributed by atoms with E-state index in [2.05, 4.69) is 4.74 Å². The summed E-state index contributed by atoms with van der Waals surface area (Å²) in [6.07, 6.45) is -4.99. The summed E-state index contributed by atoms with van der Waals surface area (Å²) >= 11 is 0. The van der Waals surface area contributed by atoms with Gasteiger partial charge in [0, 0.05) is 5.56 Å². The summed E-state index contributed by atoms with van der Waals surface area (Å²) in [6, 6.07) is 7.22. The predicted octanol–water partition coefficient (Wildman–Crippen LogP) is 2.22. The van der Waals surface area contributed by atoms with Gasteiger partial charge in [0.15, 0.2) is 0 Å². The maximum Gasteiger partial charge on any atom is 0.438 e. The number of hydrogen-bond donors (Lipinski definition) is 1. The molecule has 0 aliphatic heterocycles. The predicted molar refractivity (Wildman–Crippen MR) is 54.7 cm³/mol. The first-order valence-electron chi connectivity index (χ1n) is 4.75. The van der Waals surface area contributed by atoms with Crippen LogP contribution in [0.2, 0.25) is 0 Å². The van der Waals surface area contributed by atoms with Crippen molar-refractivity contribution in [2.45, 2.75) is 6.18 Å². The highest BCUT2D eigenvalue weighted by Gasteiger charge is 2.40. The van der Waals surface area contributed by atoms with Gasteiger partial charge in [-0.25, -0.2) is 5.11 Å². The Kier molecular flexibility index (Phi) is 4.19. The number of hydrogen-bond acceptors (Lipinski definition) is 2. The molecule has 0 aromatic heterocycles. The Morgan fingerprint density at radius 1 is 1.22 bits per heavy atom. The van der Waals surface area contributed by atoms with Crippen LogP contribution in [0.25, 0.3) is 0 Å². The summed E-state index contributed by atoms with van der Waals surface area (Å²) in [5.41, 5.74) is -1.75. The van der Waals surface area contributed by atoms with E-state index < -0.39 is 23.7 Å². The van der Waals surface area contributed by atoms with E-state index in [9.17, 15) is 23.1 Å². The molecule has 0 bridgehead atoms. The van der Waals surface area contributed by atoms with Gasteiger partial charge >= 0.3 is 12.1 Å². The molecule has 1 radical (unpaired) electrons. The molecule has 7 heteroatoms. The molecule has 0 saturated carbocycles. The third-order valence-electron chi connectivity index (χ3n) is 1.95. The summed E-state index contributed by atoms with van der Waals surface area (Å²) in [4.78, 5) is 11.5. The van der Waals surface area contributed by atoms with Crippen LogP contribution < -0.4 is 5.32 Å². The largest absolute Gasteiger partial charge is 0.464 e. The van der Waals surface area contributed by atoms with Gasteiger partial charge in [-0.05, 0) is 12.1 Å². The molecule has 1 amide bonds. The van der Waals surface area contributed by atoms with E-state index in [-0.39, 0.29) is 5.56 Å². The van der Waals surface area contributed by atoms with Crippen LogP contribution in [0.4, 0.5) is 13.2 Å². The summed E-state index contributed by atoms with van der Waals surface area (Å²) in [6.45, 7) is 0. The van der Waals surface area contributed by atoms with Crippen molar-refractivity contribution in [3.63, 3.8) is 0 Å². The monoisotopic (exact) mass is 260 g/mol. The van der Waals surface area contributed by atoms with Gasteiger partial charge in [-0.3, -0.25) is 4.79 Å². The second-order valence-corrected chi connectivity index (χ2v) is 3.18. The third-order valence-corrected chi connectivity index (χ3v) is 1.95. The average Bonchev–Trinajstić information content (AvgIpc) is 2.34. The zero-order chi connectivity index (χ0) is 13.8. The molecule has 0 unspecified atom stereocenters. The van der Waals surface area contributed by atoms with Crippen molar-refractivity contribution in [3.8, 4) is 0 Å². The number of benzene rings is 1. The van der Waals surface area contributed by atoms with E-state index in [1.165, 1.54) is 29.6 Å². The maximum absolute atomic E-state index is 12.5. The van der Waals surface area contributed by atoms with Gasteiger partial charge in [0.1, 0.15) is 0 Å². The lowest BCUT2D eigenvalue weighted by Gasteiger charge is -2.12. The van der Waals surface area contributed by atoms with Gasteiger partial charge in [-0.2, -0.15) is 13.2 Å². The van der Waals surface area contributed by atoms with E-state index in [0.29, 0.717) is 0 Å². The number of ether oxygens (including phenoxy) is 1. The summed E-state index contributed by atoms with van der Waals surface area (Å²) in [5.74, 6) is -2.68. The minimum Gasteiger partial charge on any atom is -0.464 e. The lowest BCUT2D eigenvalue weighted by atomic mass is 10.2. The highest BCUT2D eigenvalue weighted by atomic mass is 19.4. The molecule has 0 aliphatic rings. The number of carbonyl (C=O) groups excluding carboxylic acids is 1. The summed E-state index contributed by atoms with van der Waals surface area (Å²) in [5, 5.41) is 12.4. The molecule has 1 rings (SSSR count). The van der Waals surface area contributed by atoms with Gasteiger partial charge in [0.25, 0.3) is 5.91 Å². The Bertz CT molecular complexity index is 454. The Labute approximate surface area is 101 Å². The van der Waals surface area contributed by atoms with Gasteiger partial charge in [-0.15, -0.1) is 0 Å². The fourth-order valence-corrected chi connectivity index (χ4v) is 1.11. The van der Waals surface area contributed by atoms with Crippen LogP contribution in [0.15, 0.2) is 42.0 Å². The molecular weight excluding hydrogens is 251 g/mol. The van der Waals surface area contributed by atoms with Crippen molar-refractivity contribution in [2.24, 2.45) is 0 Å². The Balaban J connectivity index is 2.97. The van der Waals surface area contributed by atoms with Crippen molar-refractivity contribution in [1.29, 1.82) is 0 Å². The van der Waals surface area contributed by atoms with Gasteiger partial charge in [0.05, 0.1) is 7.11 Å². The summed E-state index contributed by atoms with van der Waals surface area (Å²) in [7, 11) is 0.794. The van der Waals surface area contributed by atoms with E-state index in [1.807, 2.05) is 0 Å². The number of rotatable bonds is 3. The number of halogens is 3. The molecular formula is C11H9F3NO3. The first-order valence-corrected chi connectivity index (χ1v) is 4.75. The smallest absolute Gasteiger partial charge is 0.438 e. The quantitative estimate of drug-likeness (QED) is 0.847. The SMILES string of the molecule is COC([O])=C(NC(=O)c1ccccc1)C(F)(F)F. The standard InChI is InChI=1S/C11H9F3NO3/c1-18-10(17)8(11(12,13)14)15-9(16)7-5-3-2-4-6-7/h2-6H,1H3,(H,15,16). The number of alkyl halides is 3. The molecule has 0 saturated heterocycles. The zero-order valence-electron chi connectivity index (χ0n) is 9.25. The molecule has 1 N–H and O–H groups in total. The van der Waals surface area contributed by atoms with Crippen LogP contribution in [0.3, 0.4) is 0 Å². The first kappa shape index (κ1) is 13.9. The minimum atomic E-state index is -4.99. The van der Waals surface area contributed by atoms with Crippen LogP contribution in [0.5, 0.6) is 0 Å². The molecule has 4 nitrogen and oxygen atoms in total. The number of amides is 1. The van der Waals surface area contributed by atoms with Crippen LogP contribution in [0, 0.1) is 0 Å². The first-order chi connectivity index (χ1) is 8.36. The number of carbonyl (C=O) groups is 1. The Morgan fingerprint density at radius 2 is 1.78 bits per heavy atom. The van der Waals surface area contributed by atoms with Crippen LogP contribution in [-0.4, -0.2) is 19.2 Å². The summed E-state index contributed by atoms with van der Waals surface area (Å²) < 4.78 is 41.4. The van der Waals surface area contributed by atoms with Crippen LogP contribution in [-0.2, 0) is 9.84 Å². The fourth-order valence-electron chi connectivity index (χ4n) is 1.11. The molecule has 0 fully saturated rings. The zero-order valence-corrected chi connectivity index (χ0v) is 9.25. The van der Waals surface area contributed by atoms with E-state index >= 15 is 0 Å². The highest BCUT2D eigenvalue weighted by Crippen LogP contribution is 2.26. The van der Waals surface area contributed by atoms with Crippen molar-refractivity contribution < 1.29 is 27.8 Å². The van der Waals surface area contributed by atoms with E-state index in [4.69, 9.17) is 0 Å². The van der Waals surface area contributed by atoms with Gasteiger partial charge < -0.3 is 10.1 Å². The Hall–Kier alpha value is -2.18. The lowest BCUT2D eigenvalue weighted by Crippen LogP contribution is -2.33. The lowest BCUT2D eigenvalue weighted by molar-refractivity contribution is -0.106. The fraction of sp³-hybridized carbons (Fsp3) is 0.182. The topological polar surface area (TPSA) is 58.2 Å². The van der Waals surface area contributed by atoms with E-state index in [1.54, 1.807) is 6.07 Å². The maximum atomic E-state index is 12.5.